The number of carbonyl (C=O) groups excluding carboxylic acids is 3. The summed E-state index contributed by atoms with van der Waals surface area (Å²) < 4.78 is 0. The second-order valence-electron chi connectivity index (χ2n) is 6.55. The fourth-order valence-electron chi connectivity index (χ4n) is 2.97. The van der Waals surface area contributed by atoms with Crippen molar-refractivity contribution in [3.63, 3.8) is 0 Å². The highest BCUT2D eigenvalue weighted by molar-refractivity contribution is 6.30. The minimum atomic E-state index is -0.328. The van der Waals surface area contributed by atoms with Gasteiger partial charge >= 0.3 is 0 Å². The van der Waals surface area contributed by atoms with Crippen LogP contribution in [0, 0.1) is 0 Å². The van der Waals surface area contributed by atoms with Crippen LogP contribution < -0.4 is 10.3 Å². The fraction of sp³-hybridized carbons (Fsp3) is 0.471. The van der Waals surface area contributed by atoms with E-state index in [1.54, 1.807) is 24.3 Å². The molecule has 0 unspecified atom stereocenters. The molecule has 3 rings (SSSR count). The lowest BCUT2D eigenvalue weighted by molar-refractivity contribution is -0.146. The first kappa shape index (κ1) is 18.6. The minimum Gasteiger partial charge on any atom is -0.304 e. The van der Waals surface area contributed by atoms with E-state index in [0.29, 0.717) is 10.7 Å². The molecule has 0 aliphatic carbocycles. The molecule has 0 spiro atoms. The van der Waals surface area contributed by atoms with Crippen molar-refractivity contribution >= 4 is 35.0 Å². The Balaban J connectivity index is 1.54. The number of nitrogens with zero attached hydrogens (tertiary/aromatic N) is 4. The van der Waals surface area contributed by atoms with E-state index in [1.807, 2.05) is 11.9 Å². The third kappa shape index (κ3) is 4.51. The van der Waals surface area contributed by atoms with Gasteiger partial charge in [0.05, 0.1) is 6.54 Å². The summed E-state index contributed by atoms with van der Waals surface area (Å²) in [6.07, 6.45) is 0. The zero-order valence-corrected chi connectivity index (χ0v) is 15.4. The van der Waals surface area contributed by atoms with Crippen molar-refractivity contribution in [1.29, 1.82) is 0 Å². The summed E-state index contributed by atoms with van der Waals surface area (Å²) in [5.41, 5.74) is 3.17. The third-order valence-electron chi connectivity index (χ3n) is 4.55. The first-order chi connectivity index (χ1) is 12.4. The molecule has 2 aliphatic rings. The number of nitrogens with one attached hydrogen (secondary N) is 1. The van der Waals surface area contributed by atoms with Gasteiger partial charge in [0.25, 0.3) is 11.8 Å². The zero-order chi connectivity index (χ0) is 18.7. The molecule has 140 valence electrons. The van der Waals surface area contributed by atoms with E-state index in [4.69, 9.17) is 11.6 Å². The standard InChI is InChI=1S/C17H22ClN5O3/c1-20-6-8-21(9-7-20)10-15(24)19-23-12-16(25)22(11-17(23)26)14-4-2-13(18)3-5-14/h2-5H,6-12H2,1H3,(H,19,24). The lowest BCUT2D eigenvalue weighted by Crippen LogP contribution is -2.61. The molecule has 8 nitrogen and oxygen atoms in total. The second-order valence-corrected chi connectivity index (χ2v) is 6.99. The van der Waals surface area contributed by atoms with Crippen molar-refractivity contribution in [1.82, 2.24) is 20.2 Å². The molecule has 1 aromatic rings. The van der Waals surface area contributed by atoms with Crippen LogP contribution in [-0.4, -0.2) is 85.4 Å². The molecule has 9 heteroatoms. The number of halogens is 1. The quantitative estimate of drug-likeness (QED) is 0.783. The van der Waals surface area contributed by atoms with Gasteiger partial charge in [-0.25, -0.2) is 5.01 Å². The first-order valence-corrected chi connectivity index (χ1v) is 8.87. The van der Waals surface area contributed by atoms with Gasteiger partial charge in [-0.15, -0.1) is 0 Å². The molecule has 2 saturated heterocycles. The van der Waals surface area contributed by atoms with Crippen LogP contribution in [0.3, 0.4) is 0 Å². The van der Waals surface area contributed by atoms with E-state index in [2.05, 4.69) is 10.3 Å². The van der Waals surface area contributed by atoms with Crippen LogP contribution in [0.1, 0.15) is 0 Å². The SMILES string of the molecule is CN1CCN(CC(=O)NN2CC(=O)N(c3ccc(Cl)cc3)CC2=O)CC1. The van der Waals surface area contributed by atoms with E-state index in [1.165, 1.54) is 4.90 Å². The Hall–Kier alpha value is -2.16. The molecule has 0 atom stereocenters. The number of piperazine rings is 2. The predicted octanol–water partition coefficient (Wildman–Crippen LogP) is -0.206. The van der Waals surface area contributed by atoms with Gasteiger partial charge in [0.15, 0.2) is 0 Å². The minimum absolute atomic E-state index is 0.116. The van der Waals surface area contributed by atoms with Crippen LogP contribution in [0.25, 0.3) is 0 Å². The third-order valence-corrected chi connectivity index (χ3v) is 4.80. The molecule has 26 heavy (non-hydrogen) atoms. The van der Waals surface area contributed by atoms with Crippen LogP contribution >= 0.6 is 11.6 Å². The van der Waals surface area contributed by atoms with E-state index in [9.17, 15) is 14.4 Å². The summed E-state index contributed by atoms with van der Waals surface area (Å²) in [5.74, 6) is -0.867. The average Bonchev–Trinajstić information content (AvgIpc) is 2.61. The lowest BCUT2D eigenvalue weighted by Gasteiger charge is -2.35. The van der Waals surface area contributed by atoms with Crippen molar-refractivity contribution in [2.75, 3.05) is 57.8 Å². The summed E-state index contributed by atoms with van der Waals surface area (Å²) in [6, 6.07) is 6.71. The molecule has 2 aliphatic heterocycles. The Morgan fingerprint density at radius 2 is 1.69 bits per heavy atom. The Labute approximate surface area is 157 Å². The van der Waals surface area contributed by atoms with Gasteiger partial charge in [-0.3, -0.25) is 24.7 Å². The number of benzene rings is 1. The maximum Gasteiger partial charge on any atom is 0.261 e. The summed E-state index contributed by atoms with van der Waals surface area (Å²) in [6.45, 7) is 3.34. The second kappa shape index (κ2) is 8.03. The number of likely N-dealkylation sites (N-methyl/N-ethyl adjacent to an activating group) is 1. The monoisotopic (exact) mass is 379 g/mol. The molecular formula is C17H22ClN5O3. The summed E-state index contributed by atoms with van der Waals surface area (Å²) in [5, 5.41) is 1.66. The molecule has 3 amide bonds. The van der Waals surface area contributed by atoms with Gasteiger partial charge < -0.3 is 9.80 Å². The Kier molecular flexibility index (Phi) is 5.75. The van der Waals surface area contributed by atoms with Crippen molar-refractivity contribution in [3.8, 4) is 0 Å². The number of hydrogen-bond donors (Lipinski definition) is 1. The number of hydrogen-bond acceptors (Lipinski definition) is 5. The Morgan fingerprint density at radius 1 is 1.04 bits per heavy atom. The van der Waals surface area contributed by atoms with Crippen LogP contribution in [0.4, 0.5) is 5.69 Å². The van der Waals surface area contributed by atoms with Gasteiger partial charge in [-0.1, -0.05) is 11.6 Å². The van der Waals surface area contributed by atoms with Gasteiger partial charge in [-0.2, -0.15) is 0 Å². The number of amides is 3. The largest absolute Gasteiger partial charge is 0.304 e. The van der Waals surface area contributed by atoms with Gasteiger partial charge in [0, 0.05) is 36.9 Å². The summed E-state index contributed by atoms with van der Waals surface area (Å²) in [7, 11) is 2.04. The average molecular weight is 380 g/mol. The smallest absolute Gasteiger partial charge is 0.261 e. The maximum absolute atomic E-state index is 12.4. The van der Waals surface area contributed by atoms with E-state index < -0.39 is 0 Å². The molecule has 0 saturated carbocycles. The molecule has 1 N–H and O–H groups in total. The van der Waals surface area contributed by atoms with Gasteiger partial charge in [0.2, 0.25) is 5.91 Å². The van der Waals surface area contributed by atoms with E-state index in [-0.39, 0.29) is 37.4 Å². The molecule has 1 aromatic carbocycles. The van der Waals surface area contributed by atoms with Crippen LogP contribution in [-0.2, 0) is 14.4 Å². The van der Waals surface area contributed by atoms with Crippen LogP contribution in [0.15, 0.2) is 24.3 Å². The molecule has 2 heterocycles. The number of hydrazine groups is 1. The highest BCUT2D eigenvalue weighted by Crippen LogP contribution is 2.20. The summed E-state index contributed by atoms with van der Waals surface area (Å²) in [4.78, 5) is 42.5. The maximum atomic E-state index is 12.4. The molecule has 0 bridgehead atoms. The molecule has 2 fully saturated rings. The fourth-order valence-corrected chi connectivity index (χ4v) is 3.10. The predicted molar refractivity (Wildman–Crippen MR) is 97.6 cm³/mol. The highest BCUT2D eigenvalue weighted by atomic mass is 35.5. The van der Waals surface area contributed by atoms with Gasteiger partial charge in [0.1, 0.15) is 13.1 Å². The molecular weight excluding hydrogens is 358 g/mol. The normalized spacial score (nSPS) is 19.8. The number of carbonyl (C=O) groups is 3. The molecule has 0 aromatic heterocycles. The van der Waals surface area contributed by atoms with E-state index in [0.717, 1.165) is 31.2 Å². The van der Waals surface area contributed by atoms with Crippen molar-refractivity contribution in [3.05, 3.63) is 29.3 Å². The van der Waals surface area contributed by atoms with Gasteiger partial charge in [-0.05, 0) is 31.3 Å². The Morgan fingerprint density at radius 3 is 2.35 bits per heavy atom. The zero-order valence-electron chi connectivity index (χ0n) is 14.7. The van der Waals surface area contributed by atoms with Crippen molar-refractivity contribution in [2.45, 2.75) is 0 Å². The van der Waals surface area contributed by atoms with Crippen LogP contribution in [0.5, 0.6) is 0 Å². The van der Waals surface area contributed by atoms with Crippen LogP contribution in [0.2, 0.25) is 5.02 Å². The Bertz CT molecular complexity index is 688. The van der Waals surface area contributed by atoms with Crippen molar-refractivity contribution < 1.29 is 14.4 Å². The topological polar surface area (TPSA) is 76.2 Å². The molecule has 0 radical (unpaired) electrons. The lowest BCUT2D eigenvalue weighted by atomic mass is 10.2. The highest BCUT2D eigenvalue weighted by Gasteiger charge is 2.32. The van der Waals surface area contributed by atoms with E-state index >= 15 is 0 Å². The number of rotatable bonds is 4. The first-order valence-electron chi connectivity index (χ1n) is 8.49. The number of anilines is 1. The van der Waals surface area contributed by atoms with Crippen molar-refractivity contribution in [2.24, 2.45) is 0 Å². The summed E-state index contributed by atoms with van der Waals surface area (Å²) >= 11 is 5.85.